The Kier molecular flexibility index (Phi) is 8.89. The summed E-state index contributed by atoms with van der Waals surface area (Å²) in [7, 11) is 2.94. The van der Waals surface area contributed by atoms with Crippen LogP contribution in [0.4, 0.5) is 4.39 Å². The number of benzene rings is 2. The minimum Gasteiger partial charge on any atom is -0.423 e. The Balaban J connectivity index is 2.03. The van der Waals surface area contributed by atoms with Crippen LogP contribution in [0.15, 0.2) is 66.8 Å². The smallest absolute Gasteiger partial charge is 0.341 e. The van der Waals surface area contributed by atoms with E-state index in [1.54, 1.807) is 24.3 Å². The topological polar surface area (TPSA) is 61.8 Å². The molecular weight excluding hydrogens is 399 g/mol. The van der Waals surface area contributed by atoms with E-state index in [1.165, 1.54) is 26.4 Å². The third-order valence-corrected chi connectivity index (χ3v) is 4.13. The number of hydrogen-bond acceptors (Lipinski definition) is 5. The average molecular weight is 422 g/mol. The van der Waals surface area contributed by atoms with Crippen LogP contribution in [0.3, 0.4) is 0 Å². The van der Waals surface area contributed by atoms with Crippen LogP contribution >= 0.6 is 0 Å². The molecule has 160 valence electrons. The molecule has 0 amide bonds. The van der Waals surface area contributed by atoms with Crippen LogP contribution < -0.4 is 4.74 Å². The predicted octanol–water partition coefficient (Wildman–Crippen LogP) is 3.65. The summed E-state index contributed by atoms with van der Waals surface area (Å²) in [5, 5.41) is 0. The largest absolute Gasteiger partial charge is 0.423 e. The molecule has 5 nitrogen and oxygen atoms in total. The molecule has 0 saturated heterocycles. The Labute approximate surface area is 181 Å². The van der Waals surface area contributed by atoms with Gasteiger partial charge in [0.15, 0.2) is 5.78 Å². The van der Waals surface area contributed by atoms with E-state index in [9.17, 15) is 14.0 Å². The van der Waals surface area contributed by atoms with Crippen molar-refractivity contribution in [1.82, 2.24) is 0 Å². The first-order valence-electron chi connectivity index (χ1n) is 9.33. The molecule has 0 atom stereocenters. The Morgan fingerprint density at radius 3 is 2.19 bits per heavy atom. The van der Waals surface area contributed by atoms with Crippen molar-refractivity contribution in [3.05, 3.63) is 89.3 Å². The molecule has 0 aromatic heterocycles. The highest BCUT2D eigenvalue weighted by atomic mass is 19.1. The van der Waals surface area contributed by atoms with Gasteiger partial charge in [0.2, 0.25) is 0 Å². The van der Waals surface area contributed by atoms with Gasteiger partial charge in [-0.3, -0.25) is 4.79 Å². The number of Topliss-reactive ketones (excluding diaryl/α,β-unsaturated/α-hetero) is 1. The lowest BCUT2D eigenvalue weighted by molar-refractivity contribution is -0.130. The van der Waals surface area contributed by atoms with Gasteiger partial charge < -0.3 is 14.2 Å². The van der Waals surface area contributed by atoms with Crippen LogP contribution in [0, 0.1) is 17.7 Å². The van der Waals surface area contributed by atoms with Gasteiger partial charge in [-0.25, -0.2) is 9.18 Å². The second kappa shape index (κ2) is 11.6. The lowest BCUT2D eigenvalue weighted by Crippen LogP contribution is -2.14. The number of esters is 1. The van der Waals surface area contributed by atoms with Crippen LogP contribution in [-0.2, 0) is 25.5 Å². The molecule has 0 unspecified atom stereocenters. The fourth-order valence-electron chi connectivity index (χ4n) is 2.48. The fraction of sp³-hybridized carbons (Fsp3) is 0.200. The molecule has 0 spiro atoms. The van der Waals surface area contributed by atoms with Crippen molar-refractivity contribution in [2.75, 3.05) is 27.4 Å². The van der Waals surface area contributed by atoms with Gasteiger partial charge in [0.05, 0.1) is 24.4 Å². The maximum Gasteiger partial charge on any atom is 0.341 e. The number of methoxy groups -OCH3 is 2. The Morgan fingerprint density at radius 1 is 0.935 bits per heavy atom. The Morgan fingerprint density at radius 2 is 1.58 bits per heavy atom. The van der Waals surface area contributed by atoms with Gasteiger partial charge in [-0.1, -0.05) is 37.1 Å². The highest BCUT2D eigenvalue weighted by Gasteiger charge is 2.11. The lowest BCUT2D eigenvalue weighted by atomic mass is 10.0. The first-order valence-corrected chi connectivity index (χ1v) is 9.33. The Hall–Kier alpha value is -3.53. The fourth-order valence-corrected chi connectivity index (χ4v) is 2.48. The summed E-state index contributed by atoms with van der Waals surface area (Å²) in [5.41, 5.74) is 2.18. The molecule has 6 heteroatoms. The standard InChI is InChI=1S/C25H23FO5/c1-17(15-29-3)24(27)13-20-7-5-19(6-8-20)9-10-21-11-12-22(14-23(21)26)31-25(28)18(2)16-30-4/h5-8,11-12,14H,1-2,13,15-16H2,3-4H3. The van der Waals surface area contributed by atoms with Crippen LogP contribution in [0.5, 0.6) is 5.75 Å². The zero-order valence-electron chi connectivity index (χ0n) is 17.5. The molecule has 0 aliphatic rings. The summed E-state index contributed by atoms with van der Waals surface area (Å²) < 4.78 is 29.1. The number of hydrogen-bond donors (Lipinski definition) is 0. The van der Waals surface area contributed by atoms with Crippen LogP contribution in [0.25, 0.3) is 0 Å². The minimum atomic E-state index is -0.690. The third kappa shape index (κ3) is 7.34. The number of ether oxygens (including phenoxy) is 3. The number of ketones is 1. The predicted molar refractivity (Wildman–Crippen MR) is 115 cm³/mol. The second-order valence-electron chi connectivity index (χ2n) is 6.65. The van der Waals surface area contributed by atoms with Gasteiger partial charge in [0, 0.05) is 37.8 Å². The van der Waals surface area contributed by atoms with E-state index in [1.807, 2.05) is 0 Å². The van der Waals surface area contributed by atoms with Crippen molar-refractivity contribution >= 4 is 11.8 Å². The molecule has 0 N–H and O–H groups in total. The van der Waals surface area contributed by atoms with Crippen LogP contribution in [0.2, 0.25) is 0 Å². The highest BCUT2D eigenvalue weighted by Crippen LogP contribution is 2.17. The first-order chi connectivity index (χ1) is 14.8. The van der Waals surface area contributed by atoms with E-state index in [0.717, 1.165) is 11.6 Å². The summed E-state index contributed by atoms with van der Waals surface area (Å²) in [6, 6.07) is 11.0. The van der Waals surface area contributed by atoms with Gasteiger partial charge in [-0.2, -0.15) is 0 Å². The van der Waals surface area contributed by atoms with Gasteiger partial charge in [-0.15, -0.1) is 0 Å². The maximum absolute atomic E-state index is 14.3. The number of carbonyl (C=O) groups is 2. The summed E-state index contributed by atoms with van der Waals surface area (Å²) in [6.07, 6.45) is 0.224. The molecule has 0 fully saturated rings. The average Bonchev–Trinajstić information content (AvgIpc) is 2.74. The van der Waals surface area contributed by atoms with Gasteiger partial charge >= 0.3 is 5.97 Å². The van der Waals surface area contributed by atoms with Crippen LogP contribution in [0.1, 0.15) is 16.7 Å². The zero-order chi connectivity index (χ0) is 22.8. The van der Waals surface area contributed by atoms with Crippen molar-refractivity contribution in [1.29, 1.82) is 0 Å². The SMILES string of the molecule is C=C(COC)C(=O)Cc1ccc(C#Cc2ccc(OC(=O)C(=C)COC)cc2F)cc1. The molecule has 2 rings (SSSR count). The first kappa shape index (κ1) is 23.7. The molecule has 0 saturated carbocycles. The summed E-state index contributed by atoms with van der Waals surface area (Å²) in [5.74, 6) is 4.27. The molecule has 0 heterocycles. The molecule has 0 bridgehead atoms. The number of rotatable bonds is 9. The minimum absolute atomic E-state index is 0.0275. The summed E-state index contributed by atoms with van der Waals surface area (Å²) >= 11 is 0. The quantitative estimate of drug-likeness (QED) is 0.267. The normalized spacial score (nSPS) is 10.0. The highest BCUT2D eigenvalue weighted by molar-refractivity contribution is 5.96. The van der Waals surface area contributed by atoms with E-state index in [-0.39, 0.29) is 42.3 Å². The van der Waals surface area contributed by atoms with Crippen LogP contribution in [-0.4, -0.2) is 39.2 Å². The molecule has 0 radical (unpaired) electrons. The summed E-state index contributed by atoms with van der Waals surface area (Å²) in [6.45, 7) is 7.47. The van der Waals surface area contributed by atoms with E-state index < -0.39 is 11.8 Å². The molecule has 31 heavy (non-hydrogen) atoms. The van der Waals surface area contributed by atoms with Crippen molar-refractivity contribution < 1.29 is 28.2 Å². The number of carbonyl (C=O) groups excluding carboxylic acids is 2. The second-order valence-corrected chi connectivity index (χ2v) is 6.65. The lowest BCUT2D eigenvalue weighted by Gasteiger charge is -2.06. The third-order valence-electron chi connectivity index (χ3n) is 4.13. The van der Waals surface area contributed by atoms with E-state index in [4.69, 9.17) is 14.2 Å². The zero-order valence-corrected chi connectivity index (χ0v) is 17.5. The van der Waals surface area contributed by atoms with Crippen molar-refractivity contribution in [2.24, 2.45) is 0 Å². The van der Waals surface area contributed by atoms with Crippen molar-refractivity contribution in [3.8, 4) is 17.6 Å². The molecule has 2 aromatic carbocycles. The monoisotopic (exact) mass is 422 g/mol. The van der Waals surface area contributed by atoms with E-state index in [2.05, 4.69) is 25.0 Å². The molecule has 0 aliphatic carbocycles. The van der Waals surface area contributed by atoms with E-state index in [0.29, 0.717) is 11.1 Å². The summed E-state index contributed by atoms with van der Waals surface area (Å²) in [4.78, 5) is 23.8. The van der Waals surface area contributed by atoms with E-state index >= 15 is 0 Å². The maximum atomic E-state index is 14.3. The van der Waals surface area contributed by atoms with Gasteiger partial charge in [-0.05, 0) is 29.8 Å². The van der Waals surface area contributed by atoms with Gasteiger partial charge in [0.1, 0.15) is 11.6 Å². The molecular formula is C25H23FO5. The number of halogens is 1. The molecule has 2 aromatic rings. The molecule has 0 aliphatic heterocycles. The van der Waals surface area contributed by atoms with Crippen molar-refractivity contribution in [3.63, 3.8) is 0 Å². The Bertz CT molecular complexity index is 1040. The van der Waals surface area contributed by atoms with Gasteiger partial charge in [0.25, 0.3) is 0 Å². The van der Waals surface area contributed by atoms with Crippen molar-refractivity contribution in [2.45, 2.75) is 6.42 Å².